The van der Waals surface area contributed by atoms with Gasteiger partial charge in [-0.15, -0.1) is 0 Å². The normalized spacial score (nSPS) is 20.2. The second kappa shape index (κ2) is 3.22. The highest BCUT2D eigenvalue weighted by Gasteiger charge is 2.34. The molecule has 0 unspecified atom stereocenters. The SMILES string of the molecule is O=C1N=CC2=C1C=CCN2CC(F)(F)F. The smallest absolute Gasteiger partial charge is 0.357 e. The Kier molecular flexibility index (Phi) is 2.13. The van der Waals surface area contributed by atoms with Gasteiger partial charge >= 0.3 is 6.18 Å². The van der Waals surface area contributed by atoms with Crippen molar-refractivity contribution in [1.29, 1.82) is 0 Å². The number of alkyl halides is 3. The van der Waals surface area contributed by atoms with Crippen LogP contribution >= 0.6 is 0 Å². The van der Waals surface area contributed by atoms with E-state index < -0.39 is 18.6 Å². The lowest BCUT2D eigenvalue weighted by molar-refractivity contribution is -0.140. The van der Waals surface area contributed by atoms with E-state index in [1.807, 2.05) is 0 Å². The number of halogens is 3. The van der Waals surface area contributed by atoms with Crippen molar-refractivity contribution >= 4 is 12.1 Å². The highest BCUT2D eigenvalue weighted by Crippen LogP contribution is 2.25. The first kappa shape index (κ1) is 9.95. The average molecular weight is 216 g/mol. The van der Waals surface area contributed by atoms with Gasteiger partial charge in [0.2, 0.25) is 0 Å². The molecule has 0 fully saturated rings. The molecular formula is C9H7F3N2O. The first-order valence-corrected chi connectivity index (χ1v) is 4.28. The molecular weight excluding hydrogens is 209 g/mol. The van der Waals surface area contributed by atoms with Crippen molar-refractivity contribution in [2.45, 2.75) is 6.18 Å². The van der Waals surface area contributed by atoms with Crippen LogP contribution in [0.3, 0.4) is 0 Å². The van der Waals surface area contributed by atoms with Gasteiger partial charge in [-0.3, -0.25) is 4.79 Å². The van der Waals surface area contributed by atoms with E-state index >= 15 is 0 Å². The molecule has 0 N–H and O–H groups in total. The maximum absolute atomic E-state index is 12.2. The molecule has 0 aromatic carbocycles. The Labute approximate surface area is 83.6 Å². The van der Waals surface area contributed by atoms with E-state index in [4.69, 9.17) is 0 Å². The van der Waals surface area contributed by atoms with Crippen LogP contribution in [0.25, 0.3) is 0 Å². The summed E-state index contributed by atoms with van der Waals surface area (Å²) in [5, 5.41) is 0. The lowest BCUT2D eigenvalue weighted by Crippen LogP contribution is -2.35. The predicted molar refractivity (Wildman–Crippen MR) is 47.3 cm³/mol. The third-order valence-electron chi connectivity index (χ3n) is 2.13. The van der Waals surface area contributed by atoms with Crippen LogP contribution in [0.15, 0.2) is 28.4 Å². The summed E-state index contributed by atoms with van der Waals surface area (Å²) in [6.45, 7) is -0.910. The average Bonchev–Trinajstić information content (AvgIpc) is 2.47. The molecule has 2 aliphatic heterocycles. The van der Waals surface area contributed by atoms with E-state index in [9.17, 15) is 18.0 Å². The standard InChI is InChI=1S/C9H7F3N2O/c10-9(11,12)5-14-3-1-2-6-7(14)4-13-8(6)15/h1-2,4H,3,5H2. The number of nitrogens with zero attached hydrogens (tertiary/aromatic N) is 2. The number of carbonyl (C=O) groups excluding carboxylic acids is 1. The van der Waals surface area contributed by atoms with Gasteiger partial charge < -0.3 is 4.90 Å². The highest BCUT2D eigenvalue weighted by molar-refractivity contribution is 6.12. The first-order valence-electron chi connectivity index (χ1n) is 4.28. The number of hydrogen-bond acceptors (Lipinski definition) is 2. The molecule has 0 aliphatic carbocycles. The molecule has 0 atom stereocenters. The van der Waals surface area contributed by atoms with Crippen molar-refractivity contribution in [3.05, 3.63) is 23.4 Å². The van der Waals surface area contributed by atoms with E-state index in [0.29, 0.717) is 0 Å². The zero-order valence-corrected chi connectivity index (χ0v) is 7.58. The van der Waals surface area contributed by atoms with E-state index in [1.165, 1.54) is 18.4 Å². The molecule has 1 amide bonds. The van der Waals surface area contributed by atoms with Crippen molar-refractivity contribution in [3.8, 4) is 0 Å². The van der Waals surface area contributed by atoms with Gasteiger partial charge in [-0.05, 0) is 6.08 Å². The minimum Gasteiger partial charge on any atom is -0.357 e. The summed E-state index contributed by atoms with van der Waals surface area (Å²) >= 11 is 0. The Hall–Kier alpha value is -1.59. The van der Waals surface area contributed by atoms with Crippen LogP contribution < -0.4 is 0 Å². The number of carbonyl (C=O) groups is 1. The largest absolute Gasteiger partial charge is 0.405 e. The van der Waals surface area contributed by atoms with Crippen molar-refractivity contribution in [2.24, 2.45) is 4.99 Å². The van der Waals surface area contributed by atoms with Crippen molar-refractivity contribution in [3.63, 3.8) is 0 Å². The van der Waals surface area contributed by atoms with Crippen molar-refractivity contribution in [2.75, 3.05) is 13.1 Å². The topological polar surface area (TPSA) is 32.7 Å². The molecule has 0 radical (unpaired) electrons. The predicted octanol–water partition coefficient (Wildman–Crippen LogP) is 1.29. The maximum Gasteiger partial charge on any atom is 0.405 e. The monoisotopic (exact) mass is 216 g/mol. The van der Waals surface area contributed by atoms with Crippen molar-refractivity contribution < 1.29 is 18.0 Å². The lowest BCUT2D eigenvalue weighted by atomic mass is 10.1. The lowest BCUT2D eigenvalue weighted by Gasteiger charge is -2.26. The number of aliphatic imine (C=N–C) groups is 1. The van der Waals surface area contributed by atoms with Gasteiger partial charge in [-0.2, -0.15) is 13.2 Å². The fourth-order valence-corrected chi connectivity index (χ4v) is 1.54. The van der Waals surface area contributed by atoms with Gasteiger partial charge in [-0.25, -0.2) is 4.99 Å². The molecule has 0 saturated heterocycles. The molecule has 6 heteroatoms. The van der Waals surface area contributed by atoms with Crippen molar-refractivity contribution in [1.82, 2.24) is 4.90 Å². The van der Waals surface area contributed by atoms with Crippen LogP contribution in [-0.2, 0) is 4.79 Å². The minimum atomic E-state index is -4.28. The highest BCUT2D eigenvalue weighted by atomic mass is 19.4. The molecule has 0 bridgehead atoms. The van der Waals surface area contributed by atoms with E-state index in [-0.39, 0.29) is 17.8 Å². The Balaban J connectivity index is 2.23. The Morgan fingerprint density at radius 3 is 2.87 bits per heavy atom. The fourth-order valence-electron chi connectivity index (χ4n) is 1.54. The molecule has 0 aromatic heterocycles. The van der Waals surface area contributed by atoms with Crippen LogP contribution in [0.1, 0.15) is 0 Å². The Morgan fingerprint density at radius 1 is 1.47 bits per heavy atom. The molecule has 0 spiro atoms. The number of hydrogen-bond donors (Lipinski definition) is 0. The Morgan fingerprint density at radius 2 is 2.20 bits per heavy atom. The zero-order chi connectivity index (χ0) is 11.1. The quantitative estimate of drug-likeness (QED) is 0.661. The van der Waals surface area contributed by atoms with Crippen LogP contribution in [0.4, 0.5) is 13.2 Å². The summed E-state index contributed by atoms with van der Waals surface area (Å²) in [5.74, 6) is -0.479. The summed E-state index contributed by atoms with van der Waals surface area (Å²) < 4.78 is 36.5. The second-order valence-electron chi connectivity index (χ2n) is 3.26. The van der Waals surface area contributed by atoms with Crippen LogP contribution in [0, 0.1) is 0 Å². The fraction of sp³-hybridized carbons (Fsp3) is 0.333. The van der Waals surface area contributed by atoms with Gasteiger partial charge in [0, 0.05) is 6.54 Å². The maximum atomic E-state index is 12.2. The minimum absolute atomic E-state index is 0.150. The molecule has 3 nitrogen and oxygen atoms in total. The molecule has 0 saturated carbocycles. The molecule has 2 aliphatic rings. The molecule has 15 heavy (non-hydrogen) atoms. The number of amides is 1. The number of rotatable bonds is 1. The van der Waals surface area contributed by atoms with E-state index in [1.54, 1.807) is 0 Å². The van der Waals surface area contributed by atoms with E-state index in [2.05, 4.69) is 4.99 Å². The van der Waals surface area contributed by atoms with Gasteiger partial charge in [-0.1, -0.05) is 6.08 Å². The van der Waals surface area contributed by atoms with Gasteiger partial charge in [0.15, 0.2) is 0 Å². The summed E-state index contributed by atoms with van der Waals surface area (Å²) in [6.07, 6.45) is -0.0512. The molecule has 0 aromatic rings. The van der Waals surface area contributed by atoms with Gasteiger partial charge in [0.25, 0.3) is 5.91 Å². The zero-order valence-electron chi connectivity index (χ0n) is 7.58. The van der Waals surface area contributed by atoms with Crippen LogP contribution in [0.5, 0.6) is 0 Å². The number of allylic oxidation sites excluding steroid dienone is 1. The first-order chi connectivity index (χ1) is 6.97. The van der Waals surface area contributed by atoms with Crippen LogP contribution in [0.2, 0.25) is 0 Å². The summed E-state index contributed by atoms with van der Waals surface area (Å²) in [7, 11) is 0. The molecule has 2 heterocycles. The summed E-state index contributed by atoms with van der Waals surface area (Å²) in [6, 6.07) is 0. The van der Waals surface area contributed by atoms with Gasteiger partial charge in [0.05, 0.1) is 17.5 Å². The third kappa shape index (κ3) is 1.93. The third-order valence-corrected chi connectivity index (χ3v) is 2.13. The summed E-state index contributed by atoms with van der Waals surface area (Å²) in [5.41, 5.74) is 0.505. The van der Waals surface area contributed by atoms with Crippen LogP contribution in [-0.4, -0.2) is 36.3 Å². The van der Waals surface area contributed by atoms with E-state index in [0.717, 1.165) is 4.90 Å². The summed E-state index contributed by atoms with van der Waals surface area (Å²) in [4.78, 5) is 15.7. The molecule has 2 rings (SSSR count). The second-order valence-corrected chi connectivity index (χ2v) is 3.26. The molecule has 80 valence electrons. The Bertz CT molecular complexity index is 393. The van der Waals surface area contributed by atoms with Gasteiger partial charge in [0.1, 0.15) is 6.54 Å².